The molecule has 14 heavy (non-hydrogen) atoms. The van der Waals surface area contributed by atoms with Gasteiger partial charge >= 0.3 is 0 Å². The first-order chi connectivity index (χ1) is 6.65. The second kappa shape index (κ2) is 3.82. The SMILES string of the molecule is CCCN1CC[C@@]2(C)CC1CCN2C. The van der Waals surface area contributed by atoms with Crippen molar-refractivity contribution in [3.63, 3.8) is 0 Å². The van der Waals surface area contributed by atoms with Crippen LogP contribution in [-0.4, -0.2) is 48.1 Å². The topological polar surface area (TPSA) is 6.48 Å². The molecule has 2 heteroatoms. The van der Waals surface area contributed by atoms with Gasteiger partial charge in [0.2, 0.25) is 0 Å². The van der Waals surface area contributed by atoms with Gasteiger partial charge in [0.15, 0.2) is 0 Å². The lowest BCUT2D eigenvalue weighted by atomic mass is 9.79. The van der Waals surface area contributed by atoms with Gasteiger partial charge in [0.05, 0.1) is 0 Å². The Labute approximate surface area is 88.3 Å². The van der Waals surface area contributed by atoms with E-state index < -0.39 is 0 Å². The van der Waals surface area contributed by atoms with Crippen molar-refractivity contribution in [2.45, 2.75) is 51.1 Å². The van der Waals surface area contributed by atoms with Crippen molar-refractivity contribution < 1.29 is 0 Å². The lowest BCUT2D eigenvalue weighted by Gasteiger charge is -2.53. The van der Waals surface area contributed by atoms with E-state index >= 15 is 0 Å². The lowest BCUT2D eigenvalue weighted by molar-refractivity contribution is -0.0269. The molecule has 2 fully saturated rings. The second-order valence-corrected chi connectivity index (χ2v) is 5.35. The quantitative estimate of drug-likeness (QED) is 0.666. The van der Waals surface area contributed by atoms with Gasteiger partial charge in [0, 0.05) is 18.1 Å². The maximum atomic E-state index is 2.72. The highest BCUT2D eigenvalue weighted by Gasteiger charge is 2.41. The van der Waals surface area contributed by atoms with Crippen molar-refractivity contribution in [2.24, 2.45) is 0 Å². The van der Waals surface area contributed by atoms with Crippen LogP contribution in [0.5, 0.6) is 0 Å². The molecule has 0 aromatic carbocycles. The van der Waals surface area contributed by atoms with Crippen LogP contribution in [0.15, 0.2) is 0 Å². The predicted octanol–water partition coefficient (Wildman–Crippen LogP) is 1.96. The summed E-state index contributed by atoms with van der Waals surface area (Å²) in [6, 6.07) is 0.880. The smallest absolute Gasteiger partial charge is 0.0205 e. The summed E-state index contributed by atoms with van der Waals surface area (Å²) in [5, 5.41) is 0. The van der Waals surface area contributed by atoms with E-state index in [4.69, 9.17) is 0 Å². The van der Waals surface area contributed by atoms with Gasteiger partial charge in [-0.05, 0) is 52.7 Å². The van der Waals surface area contributed by atoms with Crippen molar-refractivity contribution in [1.82, 2.24) is 9.80 Å². The number of fused-ring (bicyclic) bond motifs is 2. The van der Waals surface area contributed by atoms with Crippen molar-refractivity contribution in [2.75, 3.05) is 26.7 Å². The van der Waals surface area contributed by atoms with Crippen LogP contribution in [0.25, 0.3) is 0 Å². The third-order valence-corrected chi connectivity index (χ3v) is 4.36. The van der Waals surface area contributed by atoms with E-state index in [-0.39, 0.29) is 0 Å². The third-order valence-electron chi connectivity index (χ3n) is 4.36. The molecule has 0 amide bonds. The number of rotatable bonds is 2. The van der Waals surface area contributed by atoms with Gasteiger partial charge in [-0.25, -0.2) is 0 Å². The highest BCUT2D eigenvalue weighted by Crippen LogP contribution is 2.36. The van der Waals surface area contributed by atoms with E-state index in [2.05, 4.69) is 30.7 Å². The van der Waals surface area contributed by atoms with Crippen molar-refractivity contribution in [1.29, 1.82) is 0 Å². The minimum Gasteiger partial charge on any atom is -0.301 e. The summed E-state index contributed by atoms with van der Waals surface area (Å²) >= 11 is 0. The molecule has 0 saturated carbocycles. The molecule has 2 bridgehead atoms. The van der Waals surface area contributed by atoms with Crippen LogP contribution in [0.1, 0.15) is 39.5 Å². The summed E-state index contributed by atoms with van der Waals surface area (Å²) in [7, 11) is 2.30. The molecule has 0 N–H and O–H groups in total. The Morgan fingerprint density at radius 3 is 2.86 bits per heavy atom. The fourth-order valence-electron chi connectivity index (χ4n) is 3.13. The van der Waals surface area contributed by atoms with Gasteiger partial charge in [-0.3, -0.25) is 0 Å². The molecule has 1 unspecified atom stereocenters. The Kier molecular flexibility index (Phi) is 2.85. The van der Waals surface area contributed by atoms with E-state index in [0.717, 1.165) is 6.04 Å². The Bertz CT molecular complexity index is 204. The van der Waals surface area contributed by atoms with Gasteiger partial charge in [0.25, 0.3) is 0 Å². The summed E-state index contributed by atoms with van der Waals surface area (Å²) in [4.78, 5) is 5.29. The molecule has 0 radical (unpaired) electrons. The van der Waals surface area contributed by atoms with Gasteiger partial charge in [-0.1, -0.05) is 6.92 Å². The first-order valence-electron chi connectivity index (χ1n) is 6.11. The maximum Gasteiger partial charge on any atom is 0.0205 e. The minimum atomic E-state index is 0.507. The van der Waals surface area contributed by atoms with Crippen LogP contribution in [0.2, 0.25) is 0 Å². The molecule has 0 aliphatic carbocycles. The average molecular weight is 196 g/mol. The summed E-state index contributed by atoms with van der Waals surface area (Å²) < 4.78 is 0. The molecule has 2 aliphatic heterocycles. The first kappa shape index (κ1) is 10.4. The first-order valence-corrected chi connectivity index (χ1v) is 6.11. The molecule has 2 heterocycles. The Balaban J connectivity index is 2.02. The monoisotopic (exact) mass is 196 g/mol. The zero-order valence-corrected chi connectivity index (χ0v) is 9.92. The fourth-order valence-corrected chi connectivity index (χ4v) is 3.13. The number of hydrogen-bond acceptors (Lipinski definition) is 2. The molecule has 0 aromatic heterocycles. The maximum absolute atomic E-state index is 2.72. The lowest BCUT2D eigenvalue weighted by Crippen LogP contribution is -2.60. The van der Waals surface area contributed by atoms with E-state index in [9.17, 15) is 0 Å². The van der Waals surface area contributed by atoms with Gasteiger partial charge in [-0.15, -0.1) is 0 Å². The molecule has 2 nitrogen and oxygen atoms in total. The minimum absolute atomic E-state index is 0.507. The van der Waals surface area contributed by atoms with Gasteiger partial charge < -0.3 is 9.80 Å². The summed E-state index contributed by atoms with van der Waals surface area (Å²) in [6.45, 7) is 8.66. The highest BCUT2D eigenvalue weighted by atomic mass is 15.3. The normalized spacial score (nSPS) is 40.1. The van der Waals surface area contributed by atoms with Crippen LogP contribution in [0.4, 0.5) is 0 Å². The standard InChI is InChI=1S/C12H24N2/c1-4-7-14-9-6-12(2)10-11(14)5-8-13(12)3/h11H,4-10H2,1-3H3/t11?,12-/m0/s1. The number of hydrogen-bond donors (Lipinski definition) is 0. The molecule has 2 saturated heterocycles. The molecule has 0 spiro atoms. The zero-order chi connectivity index (χ0) is 10.2. The molecule has 2 rings (SSSR count). The van der Waals surface area contributed by atoms with E-state index in [1.165, 1.54) is 45.3 Å². The molecular weight excluding hydrogens is 172 g/mol. The second-order valence-electron chi connectivity index (χ2n) is 5.35. The van der Waals surface area contributed by atoms with Crippen molar-refractivity contribution >= 4 is 0 Å². The zero-order valence-electron chi connectivity index (χ0n) is 9.92. The van der Waals surface area contributed by atoms with Gasteiger partial charge in [0.1, 0.15) is 0 Å². The fraction of sp³-hybridized carbons (Fsp3) is 1.00. The number of nitrogens with zero attached hydrogens (tertiary/aromatic N) is 2. The van der Waals surface area contributed by atoms with E-state index in [1.807, 2.05) is 0 Å². The Hall–Kier alpha value is -0.0800. The van der Waals surface area contributed by atoms with Crippen molar-refractivity contribution in [3.8, 4) is 0 Å². The number of likely N-dealkylation sites (tertiary alicyclic amines) is 2. The van der Waals surface area contributed by atoms with E-state index in [0.29, 0.717) is 5.54 Å². The Morgan fingerprint density at radius 2 is 2.14 bits per heavy atom. The van der Waals surface area contributed by atoms with Crippen LogP contribution in [0.3, 0.4) is 0 Å². The van der Waals surface area contributed by atoms with E-state index in [1.54, 1.807) is 0 Å². The summed E-state index contributed by atoms with van der Waals surface area (Å²) in [5.41, 5.74) is 0.507. The molecular formula is C12H24N2. The summed E-state index contributed by atoms with van der Waals surface area (Å²) in [6.07, 6.45) is 5.44. The largest absolute Gasteiger partial charge is 0.301 e. The molecule has 2 aliphatic rings. The van der Waals surface area contributed by atoms with Crippen molar-refractivity contribution in [3.05, 3.63) is 0 Å². The van der Waals surface area contributed by atoms with Gasteiger partial charge in [-0.2, -0.15) is 0 Å². The third kappa shape index (κ3) is 1.70. The number of piperidine rings is 2. The Morgan fingerprint density at radius 1 is 1.36 bits per heavy atom. The van der Waals surface area contributed by atoms with Crippen LogP contribution in [0, 0.1) is 0 Å². The highest BCUT2D eigenvalue weighted by molar-refractivity contribution is 4.99. The van der Waals surface area contributed by atoms with Crippen LogP contribution in [-0.2, 0) is 0 Å². The summed E-state index contributed by atoms with van der Waals surface area (Å²) in [5.74, 6) is 0. The van der Waals surface area contributed by atoms with Crippen LogP contribution < -0.4 is 0 Å². The molecule has 82 valence electrons. The molecule has 2 atom stereocenters. The predicted molar refractivity (Wildman–Crippen MR) is 60.5 cm³/mol. The van der Waals surface area contributed by atoms with Crippen LogP contribution >= 0.6 is 0 Å². The molecule has 0 aromatic rings. The average Bonchev–Trinajstić information content (AvgIpc) is 2.17.